The van der Waals surface area contributed by atoms with Crippen LogP contribution >= 0.6 is 0 Å². The highest BCUT2D eigenvalue weighted by atomic mass is 16.5. The van der Waals surface area contributed by atoms with Crippen LogP contribution in [0.4, 0.5) is 0 Å². The van der Waals surface area contributed by atoms with Crippen LogP contribution in [0.3, 0.4) is 0 Å². The maximum Gasteiger partial charge on any atom is 0.293 e. The van der Waals surface area contributed by atoms with Gasteiger partial charge in [-0.05, 0) is 23.8 Å². The Balaban J connectivity index is 1.98. The summed E-state index contributed by atoms with van der Waals surface area (Å²) in [6.07, 6.45) is 3.45. The number of ether oxygens (including phenoxy) is 1. The number of amides is 2. The zero-order valence-electron chi connectivity index (χ0n) is 8.30. The molecule has 2 amide bonds. The molecule has 0 aliphatic carbocycles. The Bertz CT molecular complexity index is 458. The molecular formula is C11H9NO4. The number of nitrogens with one attached hydrogen (secondary N) is 1. The lowest BCUT2D eigenvalue weighted by molar-refractivity contribution is -0.126. The number of hydrogen-bond acceptors (Lipinski definition) is 4. The highest BCUT2D eigenvalue weighted by molar-refractivity contribution is 6.05. The van der Waals surface area contributed by atoms with Gasteiger partial charge in [-0.15, -0.1) is 0 Å². The molecule has 82 valence electrons. The first-order chi connectivity index (χ1) is 7.68. The fourth-order valence-electron chi connectivity index (χ4n) is 1.26. The molecule has 0 bridgehead atoms. The Hall–Kier alpha value is -2.30. The van der Waals surface area contributed by atoms with Crippen LogP contribution in [-0.4, -0.2) is 17.9 Å². The molecule has 1 atom stereocenters. The number of imide groups is 1. The first-order valence-corrected chi connectivity index (χ1v) is 4.58. The van der Waals surface area contributed by atoms with Gasteiger partial charge in [0.25, 0.3) is 11.8 Å². The molecule has 0 aromatic carbocycles. The summed E-state index contributed by atoms with van der Waals surface area (Å²) in [4.78, 5) is 23.0. The summed E-state index contributed by atoms with van der Waals surface area (Å²) in [7, 11) is 0. The summed E-state index contributed by atoms with van der Waals surface area (Å²) < 4.78 is 9.81. The van der Waals surface area contributed by atoms with Gasteiger partial charge in [-0.1, -0.05) is 6.58 Å². The van der Waals surface area contributed by atoms with Crippen LogP contribution in [-0.2, 0) is 9.53 Å². The van der Waals surface area contributed by atoms with Gasteiger partial charge in [0.05, 0.1) is 12.5 Å². The number of carbonyl (C=O) groups excluding carboxylic acids is 2. The highest BCUT2D eigenvalue weighted by Crippen LogP contribution is 2.14. The van der Waals surface area contributed by atoms with Crippen molar-refractivity contribution in [2.45, 2.75) is 6.10 Å². The number of carbonyl (C=O) groups is 2. The van der Waals surface area contributed by atoms with Gasteiger partial charge in [0.1, 0.15) is 0 Å². The Morgan fingerprint density at radius 1 is 1.44 bits per heavy atom. The van der Waals surface area contributed by atoms with Crippen molar-refractivity contribution in [1.29, 1.82) is 0 Å². The standard InChI is InChI=1S/C11H9NO4/c1-7-4-6-16-9(7)11(14)12-10(13)8-3-2-5-15-8/h2-6,9H,1H2,(H,12,13,14). The second-order valence-electron chi connectivity index (χ2n) is 3.19. The molecule has 1 aliphatic heterocycles. The zero-order chi connectivity index (χ0) is 11.5. The van der Waals surface area contributed by atoms with Crippen LogP contribution in [0.15, 0.2) is 47.3 Å². The third-order valence-electron chi connectivity index (χ3n) is 2.05. The van der Waals surface area contributed by atoms with Gasteiger partial charge in [-0.25, -0.2) is 0 Å². The second-order valence-corrected chi connectivity index (χ2v) is 3.19. The summed E-state index contributed by atoms with van der Waals surface area (Å²) in [6.45, 7) is 3.62. The number of hydrogen-bond donors (Lipinski definition) is 1. The van der Waals surface area contributed by atoms with Gasteiger partial charge in [-0.2, -0.15) is 0 Å². The van der Waals surface area contributed by atoms with Crippen LogP contribution in [0.5, 0.6) is 0 Å². The predicted molar refractivity (Wildman–Crippen MR) is 54.3 cm³/mol. The van der Waals surface area contributed by atoms with Crippen molar-refractivity contribution >= 4 is 11.8 Å². The number of furan rings is 1. The second kappa shape index (κ2) is 4.06. The molecule has 0 radical (unpaired) electrons. The smallest absolute Gasteiger partial charge is 0.293 e. The van der Waals surface area contributed by atoms with Crippen molar-refractivity contribution in [1.82, 2.24) is 5.32 Å². The average Bonchev–Trinajstić information content (AvgIpc) is 2.86. The Morgan fingerprint density at radius 2 is 2.25 bits per heavy atom. The maximum atomic E-state index is 11.6. The van der Waals surface area contributed by atoms with E-state index in [1.807, 2.05) is 0 Å². The zero-order valence-corrected chi connectivity index (χ0v) is 8.30. The summed E-state index contributed by atoms with van der Waals surface area (Å²) >= 11 is 0. The van der Waals surface area contributed by atoms with Crippen molar-refractivity contribution in [2.24, 2.45) is 0 Å². The molecule has 2 rings (SSSR count). The van der Waals surface area contributed by atoms with Crippen molar-refractivity contribution in [3.05, 3.63) is 48.6 Å². The van der Waals surface area contributed by atoms with E-state index in [2.05, 4.69) is 11.9 Å². The highest BCUT2D eigenvalue weighted by Gasteiger charge is 2.26. The molecule has 1 N–H and O–H groups in total. The van der Waals surface area contributed by atoms with Gasteiger partial charge < -0.3 is 9.15 Å². The van der Waals surface area contributed by atoms with Crippen LogP contribution in [0.25, 0.3) is 0 Å². The van der Waals surface area contributed by atoms with E-state index in [9.17, 15) is 9.59 Å². The fourth-order valence-corrected chi connectivity index (χ4v) is 1.26. The third kappa shape index (κ3) is 1.88. The Labute approximate surface area is 91.4 Å². The van der Waals surface area contributed by atoms with Crippen molar-refractivity contribution in [3.63, 3.8) is 0 Å². The molecule has 0 saturated carbocycles. The molecule has 0 saturated heterocycles. The van der Waals surface area contributed by atoms with Gasteiger partial charge in [0, 0.05) is 0 Å². The van der Waals surface area contributed by atoms with E-state index in [1.165, 1.54) is 18.6 Å². The Morgan fingerprint density at radius 3 is 2.81 bits per heavy atom. The molecule has 5 heteroatoms. The topological polar surface area (TPSA) is 68.5 Å². The van der Waals surface area contributed by atoms with E-state index < -0.39 is 17.9 Å². The first-order valence-electron chi connectivity index (χ1n) is 4.58. The minimum atomic E-state index is -0.834. The lowest BCUT2D eigenvalue weighted by Gasteiger charge is -2.10. The van der Waals surface area contributed by atoms with Crippen LogP contribution in [0.1, 0.15) is 10.6 Å². The normalized spacial score (nSPS) is 18.2. The Kier molecular flexibility index (Phi) is 2.59. The molecular weight excluding hydrogens is 210 g/mol. The quantitative estimate of drug-likeness (QED) is 0.753. The summed E-state index contributed by atoms with van der Waals surface area (Å²) in [5.41, 5.74) is 0.504. The lowest BCUT2D eigenvalue weighted by atomic mass is 10.2. The lowest BCUT2D eigenvalue weighted by Crippen LogP contribution is -2.38. The van der Waals surface area contributed by atoms with Crippen LogP contribution in [0.2, 0.25) is 0 Å². The summed E-state index contributed by atoms with van der Waals surface area (Å²) in [6, 6.07) is 3.02. The average molecular weight is 219 g/mol. The molecule has 1 unspecified atom stereocenters. The minimum Gasteiger partial charge on any atom is -0.483 e. The van der Waals surface area contributed by atoms with Crippen LogP contribution < -0.4 is 5.32 Å². The van der Waals surface area contributed by atoms with Gasteiger partial charge in [0.2, 0.25) is 6.10 Å². The van der Waals surface area contributed by atoms with E-state index in [0.717, 1.165) is 0 Å². The number of rotatable bonds is 2. The molecule has 2 heterocycles. The summed E-state index contributed by atoms with van der Waals surface area (Å²) in [5.74, 6) is -1.08. The van der Waals surface area contributed by atoms with Crippen molar-refractivity contribution in [2.75, 3.05) is 0 Å². The van der Waals surface area contributed by atoms with Crippen LogP contribution in [0, 0.1) is 0 Å². The monoisotopic (exact) mass is 219 g/mol. The molecule has 5 nitrogen and oxygen atoms in total. The van der Waals surface area contributed by atoms with Gasteiger partial charge >= 0.3 is 0 Å². The third-order valence-corrected chi connectivity index (χ3v) is 2.05. The first kappa shape index (κ1) is 10.2. The van der Waals surface area contributed by atoms with E-state index in [1.54, 1.807) is 12.1 Å². The van der Waals surface area contributed by atoms with Gasteiger partial charge in [0.15, 0.2) is 5.76 Å². The minimum absolute atomic E-state index is 0.0740. The molecule has 0 spiro atoms. The molecule has 16 heavy (non-hydrogen) atoms. The SMILES string of the molecule is C=C1C=COC1C(=O)NC(=O)c1ccco1. The predicted octanol–water partition coefficient (Wildman–Crippen LogP) is 1.00. The van der Waals surface area contributed by atoms with E-state index >= 15 is 0 Å². The maximum absolute atomic E-state index is 11.6. The van der Waals surface area contributed by atoms with Crippen molar-refractivity contribution < 1.29 is 18.7 Å². The van der Waals surface area contributed by atoms with E-state index in [-0.39, 0.29) is 5.76 Å². The summed E-state index contributed by atoms with van der Waals surface area (Å²) in [5, 5.41) is 2.16. The van der Waals surface area contributed by atoms with Gasteiger partial charge in [-0.3, -0.25) is 14.9 Å². The van der Waals surface area contributed by atoms with Crippen molar-refractivity contribution in [3.8, 4) is 0 Å². The molecule has 1 aromatic heterocycles. The van der Waals surface area contributed by atoms with E-state index in [0.29, 0.717) is 5.57 Å². The molecule has 1 aliphatic rings. The molecule has 0 fully saturated rings. The fraction of sp³-hybridized carbons (Fsp3) is 0.0909. The molecule has 1 aromatic rings. The largest absolute Gasteiger partial charge is 0.483 e. The van der Waals surface area contributed by atoms with E-state index in [4.69, 9.17) is 9.15 Å².